The Labute approximate surface area is 380 Å². The highest BCUT2D eigenvalue weighted by atomic mass is 35.5. The first kappa shape index (κ1) is 44.9. The van der Waals surface area contributed by atoms with Crippen molar-refractivity contribution in [2.45, 2.75) is 93.1 Å². The fraction of sp³-hybridized carbons (Fsp3) is 0.417. The minimum atomic E-state index is -4.27. The molecule has 0 saturated carbocycles. The molecule has 4 aromatic carbocycles. The zero-order valence-electron chi connectivity index (χ0n) is 36.1. The number of sulfonamides is 1. The van der Waals surface area contributed by atoms with Gasteiger partial charge in [-0.1, -0.05) is 47.5 Å². The minimum Gasteiger partial charge on any atom is -0.376 e. The largest absolute Gasteiger partial charge is 0.376 e. The van der Waals surface area contributed by atoms with Gasteiger partial charge < -0.3 is 10.2 Å². The Balaban J connectivity index is 0.930. The van der Waals surface area contributed by atoms with Crippen molar-refractivity contribution >= 4 is 72.7 Å². The standard InChI is InChI=1S/C48H57ClN8O4S2/c1-34-14-15-35(2)56(34)24-8-10-39(32-62-41-11-4-3-5-12-41)52-45-23-21-42(30-47(45)57(58)59)63(60,61)53-48-44-22-20-40(29-46(44)50-33-51-48)55-27-25-54(26-28-55)31-37-9-6-7-13-43(37)36-16-18-38(49)19-17-36/h3-5,11-12,16-23,29-30,33-35,39,52H,6-10,13-15,24-28,31-32H2,1-2H3,(H,50,51,53)/t34-,35+,39?. The number of anilines is 3. The van der Waals surface area contributed by atoms with E-state index in [0.29, 0.717) is 28.7 Å². The van der Waals surface area contributed by atoms with E-state index < -0.39 is 14.9 Å². The summed E-state index contributed by atoms with van der Waals surface area (Å²) in [5, 5.41) is 17.2. The van der Waals surface area contributed by atoms with Gasteiger partial charge in [0.1, 0.15) is 12.0 Å². The normalized spacial score (nSPS) is 19.4. The van der Waals surface area contributed by atoms with E-state index in [2.05, 4.69) is 72.8 Å². The molecule has 0 radical (unpaired) electrons. The van der Waals surface area contributed by atoms with Gasteiger partial charge in [0, 0.05) is 83.7 Å². The molecule has 2 N–H and O–H groups in total. The number of thioether (sulfide) groups is 1. The van der Waals surface area contributed by atoms with E-state index >= 15 is 0 Å². The van der Waals surface area contributed by atoms with Gasteiger partial charge in [-0.2, -0.15) is 0 Å². The highest BCUT2D eigenvalue weighted by Crippen LogP contribution is 2.35. The van der Waals surface area contributed by atoms with Gasteiger partial charge in [0.25, 0.3) is 15.7 Å². The molecule has 0 bridgehead atoms. The second-order valence-corrected chi connectivity index (χ2v) is 20.4. The lowest BCUT2D eigenvalue weighted by Gasteiger charge is -2.37. The Kier molecular flexibility index (Phi) is 14.5. The summed E-state index contributed by atoms with van der Waals surface area (Å²) < 4.78 is 30.4. The van der Waals surface area contributed by atoms with Crippen molar-refractivity contribution in [3.63, 3.8) is 0 Å². The summed E-state index contributed by atoms with van der Waals surface area (Å²) in [5.74, 6) is 0.801. The Morgan fingerprint density at radius 3 is 2.40 bits per heavy atom. The molecule has 332 valence electrons. The molecule has 5 aromatic rings. The topological polar surface area (TPSA) is 137 Å². The minimum absolute atomic E-state index is 0.0861. The van der Waals surface area contributed by atoms with Crippen LogP contribution in [0.15, 0.2) is 113 Å². The Morgan fingerprint density at radius 1 is 0.905 bits per heavy atom. The van der Waals surface area contributed by atoms with E-state index in [9.17, 15) is 18.5 Å². The lowest BCUT2D eigenvalue weighted by atomic mass is 9.87. The van der Waals surface area contributed by atoms with Gasteiger partial charge in [-0.3, -0.25) is 24.6 Å². The van der Waals surface area contributed by atoms with Gasteiger partial charge in [-0.25, -0.2) is 18.4 Å². The molecular formula is C48H57ClN8O4S2. The van der Waals surface area contributed by atoms with Crippen molar-refractivity contribution in [3.8, 4) is 0 Å². The molecule has 0 spiro atoms. The summed E-state index contributed by atoms with van der Waals surface area (Å²) in [5.41, 5.74) is 5.87. The number of fused-ring (bicyclic) bond motifs is 1. The van der Waals surface area contributed by atoms with Crippen LogP contribution in [0, 0.1) is 10.1 Å². The van der Waals surface area contributed by atoms with Crippen LogP contribution in [0.2, 0.25) is 5.02 Å². The highest BCUT2D eigenvalue weighted by molar-refractivity contribution is 7.99. The third-order valence-corrected chi connectivity index (χ3v) is 15.7. The summed E-state index contributed by atoms with van der Waals surface area (Å²) >= 11 is 7.88. The monoisotopic (exact) mass is 908 g/mol. The van der Waals surface area contributed by atoms with E-state index in [1.807, 2.05) is 48.5 Å². The van der Waals surface area contributed by atoms with E-state index in [1.54, 1.807) is 11.8 Å². The molecule has 2 aliphatic heterocycles. The first-order chi connectivity index (χ1) is 30.5. The number of nitro groups is 1. The van der Waals surface area contributed by atoms with Crippen molar-refractivity contribution in [3.05, 3.63) is 124 Å². The van der Waals surface area contributed by atoms with Gasteiger partial charge in [0.15, 0.2) is 5.82 Å². The number of piperazine rings is 1. The number of nitro benzene ring substituents is 1. The number of halogens is 1. The fourth-order valence-electron chi connectivity index (χ4n) is 9.38. The van der Waals surface area contributed by atoms with Crippen LogP contribution in [0.25, 0.3) is 16.5 Å². The van der Waals surface area contributed by atoms with E-state index in [-0.39, 0.29) is 28.1 Å². The fourth-order valence-corrected chi connectivity index (χ4v) is 11.5. The van der Waals surface area contributed by atoms with Crippen molar-refractivity contribution in [2.24, 2.45) is 0 Å². The smallest absolute Gasteiger partial charge is 0.293 e. The summed E-state index contributed by atoms with van der Waals surface area (Å²) in [7, 11) is -4.27. The first-order valence-corrected chi connectivity index (χ1v) is 25.1. The van der Waals surface area contributed by atoms with E-state index in [0.717, 1.165) is 86.6 Å². The summed E-state index contributed by atoms with van der Waals surface area (Å²) in [6, 6.07) is 29.2. The number of rotatable bonds is 17. The molecule has 63 heavy (non-hydrogen) atoms. The molecule has 0 amide bonds. The van der Waals surface area contributed by atoms with Crippen molar-refractivity contribution in [2.75, 3.05) is 60.0 Å². The molecule has 12 nitrogen and oxygen atoms in total. The highest BCUT2D eigenvalue weighted by Gasteiger charge is 2.28. The zero-order chi connectivity index (χ0) is 43.9. The second kappa shape index (κ2) is 20.4. The van der Waals surface area contributed by atoms with Crippen LogP contribution in [-0.2, 0) is 10.0 Å². The number of allylic oxidation sites excluding steroid dienone is 1. The van der Waals surface area contributed by atoms with Gasteiger partial charge in [0.05, 0.1) is 15.3 Å². The van der Waals surface area contributed by atoms with Crippen molar-refractivity contribution < 1.29 is 13.3 Å². The molecule has 3 heterocycles. The predicted octanol–water partition coefficient (Wildman–Crippen LogP) is 10.4. The molecule has 3 aliphatic rings. The van der Waals surface area contributed by atoms with Crippen LogP contribution in [0.5, 0.6) is 0 Å². The van der Waals surface area contributed by atoms with Crippen molar-refractivity contribution in [1.82, 2.24) is 19.8 Å². The molecule has 1 aliphatic carbocycles. The molecule has 2 saturated heterocycles. The third kappa shape index (κ3) is 11.1. The number of nitrogens with one attached hydrogen (secondary N) is 2. The number of nitrogens with zero attached hydrogens (tertiary/aromatic N) is 6. The first-order valence-electron chi connectivity index (χ1n) is 22.2. The maximum absolute atomic E-state index is 13.9. The molecule has 15 heteroatoms. The Bertz CT molecular complexity index is 2510. The summed E-state index contributed by atoms with van der Waals surface area (Å²) in [6.07, 6.45) is 10.1. The molecule has 8 rings (SSSR count). The van der Waals surface area contributed by atoms with Crippen LogP contribution in [0.1, 0.15) is 70.8 Å². The van der Waals surface area contributed by atoms with Crippen LogP contribution in [0.3, 0.4) is 0 Å². The van der Waals surface area contributed by atoms with Crippen LogP contribution in [0.4, 0.5) is 22.9 Å². The average molecular weight is 910 g/mol. The Morgan fingerprint density at radius 2 is 1.65 bits per heavy atom. The average Bonchev–Trinajstić information content (AvgIpc) is 3.61. The summed E-state index contributed by atoms with van der Waals surface area (Å²) in [4.78, 5) is 29.1. The molecule has 1 aromatic heterocycles. The second-order valence-electron chi connectivity index (χ2n) is 17.1. The van der Waals surface area contributed by atoms with Crippen LogP contribution in [-0.4, -0.2) is 96.3 Å². The molecular weight excluding hydrogens is 852 g/mol. The molecule has 2 fully saturated rings. The van der Waals surface area contributed by atoms with Gasteiger partial charge >= 0.3 is 0 Å². The number of likely N-dealkylation sites (tertiary alicyclic amines) is 1. The maximum atomic E-state index is 13.9. The lowest BCUT2D eigenvalue weighted by Crippen LogP contribution is -2.47. The predicted molar refractivity (Wildman–Crippen MR) is 258 cm³/mol. The number of aromatic nitrogens is 2. The van der Waals surface area contributed by atoms with Gasteiger partial charge in [0.2, 0.25) is 0 Å². The molecule has 1 unspecified atom stereocenters. The third-order valence-electron chi connectivity index (χ3n) is 12.9. The molecule has 3 atom stereocenters. The number of benzene rings is 4. The quantitative estimate of drug-likeness (QED) is 0.0524. The summed E-state index contributed by atoms with van der Waals surface area (Å²) in [6.45, 7) is 10.0. The zero-order valence-corrected chi connectivity index (χ0v) is 38.5. The maximum Gasteiger partial charge on any atom is 0.293 e. The lowest BCUT2D eigenvalue weighted by molar-refractivity contribution is -0.384. The SMILES string of the molecule is C[C@@H]1CC[C@H](C)N1CCCC(CSc1ccccc1)Nc1ccc(S(=O)(=O)Nc2ncnc3cc(N4CCN(CC5=C(c6ccc(Cl)cc6)CCCC5)CC4)ccc23)cc1[N+](=O)[O-]. The van der Waals surface area contributed by atoms with Crippen LogP contribution < -0.4 is 14.9 Å². The number of hydrogen-bond acceptors (Lipinski definition) is 11. The van der Waals surface area contributed by atoms with E-state index in [1.165, 1.54) is 60.9 Å². The Hall–Kier alpha value is -4.73. The van der Waals surface area contributed by atoms with Crippen molar-refractivity contribution in [1.29, 1.82) is 0 Å². The van der Waals surface area contributed by atoms with Gasteiger partial charge in [-0.15, -0.1) is 11.8 Å². The van der Waals surface area contributed by atoms with Crippen LogP contribution >= 0.6 is 23.4 Å². The number of hydrogen-bond donors (Lipinski definition) is 2. The van der Waals surface area contributed by atoms with Gasteiger partial charge in [-0.05, 0) is 137 Å². The van der Waals surface area contributed by atoms with E-state index in [4.69, 9.17) is 11.6 Å².